The Morgan fingerprint density at radius 2 is 2.18 bits per heavy atom. The first kappa shape index (κ1) is 11.2. The Labute approximate surface area is 107 Å². The number of anilines is 1. The average Bonchev–Trinajstić information content (AvgIpc) is 2.81. The number of thiophene rings is 1. The number of fused-ring (bicyclic) bond motifs is 1. The summed E-state index contributed by atoms with van der Waals surface area (Å²) in [4.78, 5) is 4.41. The molecule has 3 rings (SSSR count). The van der Waals surface area contributed by atoms with Crippen molar-refractivity contribution in [3.63, 3.8) is 0 Å². The van der Waals surface area contributed by atoms with Crippen LogP contribution in [-0.4, -0.2) is 26.7 Å². The van der Waals surface area contributed by atoms with Crippen molar-refractivity contribution >= 4 is 38.0 Å². The minimum Gasteiger partial charge on any atom is -0.367 e. The lowest BCUT2D eigenvalue weighted by molar-refractivity contribution is 0.623. The second-order valence-corrected chi connectivity index (χ2v) is 6.90. The molecular formula is C12H14N2OS2. The largest absolute Gasteiger partial charge is 0.367 e. The lowest BCUT2D eigenvalue weighted by atomic mass is 10.1. The van der Waals surface area contributed by atoms with Crippen molar-refractivity contribution in [3.8, 4) is 0 Å². The Balaban J connectivity index is 1.80. The van der Waals surface area contributed by atoms with Crippen LogP contribution in [0.5, 0.6) is 0 Å². The number of nitrogens with zero attached hydrogens (tertiary/aromatic N) is 1. The zero-order valence-electron chi connectivity index (χ0n) is 9.39. The lowest BCUT2D eigenvalue weighted by Gasteiger charge is -2.23. The van der Waals surface area contributed by atoms with Crippen LogP contribution < -0.4 is 5.32 Å². The van der Waals surface area contributed by atoms with Gasteiger partial charge in [0.15, 0.2) is 0 Å². The molecule has 0 bridgehead atoms. The molecule has 0 atom stereocenters. The van der Waals surface area contributed by atoms with Gasteiger partial charge in [-0.05, 0) is 30.4 Å². The van der Waals surface area contributed by atoms with Crippen LogP contribution in [0.15, 0.2) is 23.7 Å². The van der Waals surface area contributed by atoms with Crippen molar-refractivity contribution in [2.75, 3.05) is 16.8 Å². The normalized spacial score (nSPS) is 24.9. The highest BCUT2D eigenvalue weighted by Gasteiger charge is 2.18. The van der Waals surface area contributed by atoms with E-state index in [-0.39, 0.29) is 0 Å². The standard InChI is InChI=1S/C12H14N2OS2/c15-17-7-3-9(4-8-17)14-12-10-2-6-16-11(10)1-5-13-12/h1-2,5-6,9H,3-4,7-8H2,(H,13,14). The maximum atomic E-state index is 11.3. The van der Waals surface area contributed by atoms with E-state index >= 15 is 0 Å². The van der Waals surface area contributed by atoms with Gasteiger partial charge in [-0.3, -0.25) is 4.21 Å². The zero-order chi connectivity index (χ0) is 11.7. The maximum Gasteiger partial charge on any atom is 0.134 e. The minimum absolute atomic E-state index is 0.422. The van der Waals surface area contributed by atoms with E-state index < -0.39 is 10.8 Å². The number of aromatic nitrogens is 1. The quantitative estimate of drug-likeness (QED) is 0.908. The zero-order valence-corrected chi connectivity index (χ0v) is 11.0. The van der Waals surface area contributed by atoms with Crippen LogP contribution in [0.3, 0.4) is 0 Å². The third-order valence-corrected chi connectivity index (χ3v) is 5.37. The van der Waals surface area contributed by atoms with E-state index in [1.807, 2.05) is 12.3 Å². The van der Waals surface area contributed by atoms with Crippen molar-refractivity contribution < 1.29 is 4.21 Å². The molecule has 3 nitrogen and oxygen atoms in total. The molecule has 17 heavy (non-hydrogen) atoms. The SMILES string of the molecule is O=S1CCC(Nc2nccc3sccc23)CC1. The number of hydrogen-bond donors (Lipinski definition) is 1. The van der Waals surface area contributed by atoms with Crippen LogP contribution in [0.4, 0.5) is 5.82 Å². The fourth-order valence-electron chi connectivity index (χ4n) is 2.14. The van der Waals surface area contributed by atoms with Gasteiger partial charge in [0.05, 0.1) is 0 Å². The van der Waals surface area contributed by atoms with E-state index in [9.17, 15) is 4.21 Å². The first-order chi connectivity index (χ1) is 8.33. The molecule has 90 valence electrons. The van der Waals surface area contributed by atoms with Crippen molar-refractivity contribution in [3.05, 3.63) is 23.7 Å². The van der Waals surface area contributed by atoms with Gasteiger partial charge in [-0.25, -0.2) is 4.98 Å². The topological polar surface area (TPSA) is 42.0 Å². The Morgan fingerprint density at radius 3 is 3.00 bits per heavy atom. The van der Waals surface area contributed by atoms with Gasteiger partial charge in [0.1, 0.15) is 5.82 Å². The molecule has 3 heterocycles. The first-order valence-electron chi connectivity index (χ1n) is 5.76. The van der Waals surface area contributed by atoms with E-state index in [2.05, 4.69) is 21.7 Å². The molecule has 1 saturated heterocycles. The number of nitrogens with one attached hydrogen (secondary N) is 1. The Kier molecular flexibility index (Phi) is 3.11. The maximum absolute atomic E-state index is 11.3. The van der Waals surface area contributed by atoms with Crippen molar-refractivity contribution in [1.29, 1.82) is 0 Å². The molecule has 2 aromatic rings. The van der Waals surface area contributed by atoms with E-state index in [0.29, 0.717) is 6.04 Å². The number of rotatable bonds is 2. The van der Waals surface area contributed by atoms with E-state index in [1.165, 1.54) is 10.1 Å². The summed E-state index contributed by atoms with van der Waals surface area (Å²) < 4.78 is 12.6. The molecule has 0 aromatic carbocycles. The highest BCUT2D eigenvalue weighted by Crippen LogP contribution is 2.27. The summed E-state index contributed by atoms with van der Waals surface area (Å²) >= 11 is 1.74. The van der Waals surface area contributed by atoms with Crippen molar-refractivity contribution in [2.45, 2.75) is 18.9 Å². The summed E-state index contributed by atoms with van der Waals surface area (Å²) in [6.07, 6.45) is 3.81. The third kappa shape index (κ3) is 2.35. The molecule has 5 heteroatoms. The molecule has 2 aromatic heterocycles. The van der Waals surface area contributed by atoms with E-state index in [1.54, 1.807) is 11.3 Å². The highest BCUT2D eigenvalue weighted by atomic mass is 32.2. The minimum atomic E-state index is -0.597. The van der Waals surface area contributed by atoms with Gasteiger partial charge in [-0.2, -0.15) is 0 Å². The van der Waals surface area contributed by atoms with Gasteiger partial charge in [-0.15, -0.1) is 11.3 Å². The molecule has 1 fully saturated rings. The molecule has 1 aliphatic heterocycles. The molecule has 0 unspecified atom stereocenters. The van der Waals surface area contributed by atoms with Crippen molar-refractivity contribution in [1.82, 2.24) is 4.98 Å². The van der Waals surface area contributed by atoms with E-state index in [4.69, 9.17) is 0 Å². The smallest absolute Gasteiger partial charge is 0.134 e. The second-order valence-electron chi connectivity index (χ2n) is 4.26. The van der Waals surface area contributed by atoms with Gasteiger partial charge in [-0.1, -0.05) is 0 Å². The predicted octanol–water partition coefficient (Wildman–Crippen LogP) is 2.62. The summed E-state index contributed by atoms with van der Waals surface area (Å²) in [5, 5.41) is 6.78. The summed E-state index contributed by atoms with van der Waals surface area (Å²) in [5.41, 5.74) is 0. The van der Waals surface area contributed by atoms with Gasteiger partial charge < -0.3 is 5.32 Å². The van der Waals surface area contributed by atoms with Gasteiger partial charge in [0, 0.05) is 44.6 Å². The summed E-state index contributed by atoms with van der Waals surface area (Å²) in [5.74, 6) is 2.61. The van der Waals surface area contributed by atoms with Crippen LogP contribution in [-0.2, 0) is 10.8 Å². The monoisotopic (exact) mass is 266 g/mol. The summed E-state index contributed by atoms with van der Waals surface area (Å²) in [7, 11) is -0.597. The lowest BCUT2D eigenvalue weighted by Crippen LogP contribution is -2.29. The molecule has 0 saturated carbocycles. The average molecular weight is 266 g/mol. The molecule has 1 aliphatic rings. The number of hydrogen-bond acceptors (Lipinski definition) is 4. The van der Waals surface area contributed by atoms with Gasteiger partial charge in [0.2, 0.25) is 0 Å². The fraction of sp³-hybridized carbons (Fsp3) is 0.417. The molecule has 0 amide bonds. The molecular weight excluding hydrogens is 252 g/mol. The third-order valence-electron chi connectivity index (χ3n) is 3.11. The summed E-state index contributed by atoms with van der Waals surface area (Å²) in [6, 6.07) is 4.57. The van der Waals surface area contributed by atoms with Crippen LogP contribution in [0.25, 0.3) is 10.1 Å². The second kappa shape index (κ2) is 4.74. The molecule has 0 spiro atoms. The summed E-state index contributed by atoms with van der Waals surface area (Å²) in [6.45, 7) is 0. The molecule has 0 aliphatic carbocycles. The van der Waals surface area contributed by atoms with Gasteiger partial charge >= 0.3 is 0 Å². The van der Waals surface area contributed by atoms with E-state index in [0.717, 1.165) is 30.2 Å². The van der Waals surface area contributed by atoms with Crippen LogP contribution in [0.1, 0.15) is 12.8 Å². The Bertz CT molecular complexity index is 542. The van der Waals surface area contributed by atoms with Crippen LogP contribution in [0, 0.1) is 0 Å². The Morgan fingerprint density at radius 1 is 1.35 bits per heavy atom. The molecule has 1 N–H and O–H groups in total. The predicted molar refractivity (Wildman–Crippen MR) is 74.1 cm³/mol. The highest BCUT2D eigenvalue weighted by molar-refractivity contribution is 7.85. The number of pyridine rings is 1. The van der Waals surface area contributed by atoms with Crippen LogP contribution in [0.2, 0.25) is 0 Å². The van der Waals surface area contributed by atoms with Crippen molar-refractivity contribution in [2.24, 2.45) is 0 Å². The molecule has 0 radical (unpaired) electrons. The first-order valence-corrected chi connectivity index (χ1v) is 8.13. The fourth-order valence-corrected chi connectivity index (χ4v) is 4.22. The van der Waals surface area contributed by atoms with Crippen LogP contribution >= 0.6 is 11.3 Å². The Hall–Kier alpha value is -0.940. The van der Waals surface area contributed by atoms with Gasteiger partial charge in [0.25, 0.3) is 0 Å².